The minimum absolute atomic E-state index is 0.0535. The molecule has 3 N–H and O–H groups in total. The van der Waals surface area contributed by atoms with Gasteiger partial charge in [0.15, 0.2) is 0 Å². The molecule has 33 heavy (non-hydrogen) atoms. The predicted molar refractivity (Wildman–Crippen MR) is 117 cm³/mol. The molecule has 3 rings (SSSR count). The Labute approximate surface area is 191 Å². The van der Waals surface area contributed by atoms with Gasteiger partial charge in [0.25, 0.3) is 11.8 Å². The highest BCUT2D eigenvalue weighted by Crippen LogP contribution is 2.32. The maximum absolute atomic E-state index is 13.0. The first-order chi connectivity index (χ1) is 15.9. The molecule has 1 saturated heterocycles. The summed E-state index contributed by atoms with van der Waals surface area (Å²) in [6, 6.07) is 3.88. The molecule has 0 radical (unpaired) electrons. The highest BCUT2D eigenvalue weighted by Gasteiger charge is 2.45. The molecule has 1 atom stereocenters. The Morgan fingerprint density at radius 2 is 1.85 bits per heavy atom. The lowest BCUT2D eigenvalue weighted by molar-refractivity contribution is -0.136. The average molecular weight is 460 g/mol. The molecule has 11 heteroatoms. The van der Waals surface area contributed by atoms with Crippen molar-refractivity contribution in [1.82, 2.24) is 15.5 Å². The van der Waals surface area contributed by atoms with Gasteiger partial charge in [0, 0.05) is 31.6 Å². The number of nitrogens with zero attached hydrogens (tertiary/aromatic N) is 1. The van der Waals surface area contributed by atoms with Gasteiger partial charge in [-0.25, -0.2) is 0 Å². The lowest BCUT2D eigenvalue weighted by Crippen LogP contribution is -2.54. The monoisotopic (exact) mass is 460 g/mol. The van der Waals surface area contributed by atoms with E-state index in [-0.39, 0.29) is 29.9 Å². The van der Waals surface area contributed by atoms with Crippen LogP contribution in [0.25, 0.3) is 0 Å². The summed E-state index contributed by atoms with van der Waals surface area (Å²) in [5.74, 6) is -2.22. The van der Waals surface area contributed by atoms with Crippen LogP contribution in [0.5, 0.6) is 0 Å². The van der Waals surface area contributed by atoms with E-state index in [1.165, 1.54) is 0 Å². The molecule has 11 nitrogen and oxygen atoms in total. The highest BCUT2D eigenvalue weighted by atomic mass is 16.5. The predicted octanol–water partition coefficient (Wildman–Crippen LogP) is 0.0591. The van der Waals surface area contributed by atoms with Gasteiger partial charge in [-0.3, -0.25) is 34.2 Å². The number of hydrogen-bond donors (Lipinski definition) is 3. The number of imide groups is 2. The molecule has 1 aromatic carbocycles. The number of hydrogen-bond acceptors (Lipinski definition) is 8. The summed E-state index contributed by atoms with van der Waals surface area (Å²) >= 11 is 0. The minimum Gasteiger partial charge on any atom is -0.382 e. The van der Waals surface area contributed by atoms with Crippen LogP contribution < -0.4 is 16.0 Å². The van der Waals surface area contributed by atoms with Crippen molar-refractivity contribution in [2.24, 2.45) is 0 Å². The molecule has 1 aromatic rings. The van der Waals surface area contributed by atoms with Crippen LogP contribution in [0.3, 0.4) is 0 Å². The van der Waals surface area contributed by atoms with Gasteiger partial charge in [0.2, 0.25) is 17.7 Å². The van der Waals surface area contributed by atoms with E-state index in [0.717, 1.165) is 4.90 Å². The quantitative estimate of drug-likeness (QED) is 0.294. The molecular formula is C22H28N4O7. The third-order valence-corrected chi connectivity index (χ3v) is 5.25. The van der Waals surface area contributed by atoms with Gasteiger partial charge >= 0.3 is 0 Å². The van der Waals surface area contributed by atoms with E-state index in [1.54, 1.807) is 18.2 Å². The largest absolute Gasteiger partial charge is 0.382 e. The van der Waals surface area contributed by atoms with Gasteiger partial charge in [-0.2, -0.15) is 0 Å². The third-order valence-electron chi connectivity index (χ3n) is 5.25. The summed E-state index contributed by atoms with van der Waals surface area (Å²) in [5, 5.41) is 7.96. The molecule has 1 fully saturated rings. The van der Waals surface area contributed by atoms with Crippen molar-refractivity contribution in [1.29, 1.82) is 0 Å². The summed E-state index contributed by atoms with van der Waals surface area (Å²) in [5.41, 5.74) is 0.902. The van der Waals surface area contributed by atoms with Crippen LogP contribution in [0.15, 0.2) is 18.2 Å². The van der Waals surface area contributed by atoms with E-state index in [9.17, 15) is 24.0 Å². The van der Waals surface area contributed by atoms with Crippen LogP contribution >= 0.6 is 0 Å². The van der Waals surface area contributed by atoms with Crippen molar-refractivity contribution < 1.29 is 33.4 Å². The summed E-state index contributed by atoms with van der Waals surface area (Å²) in [4.78, 5) is 61.6. The maximum Gasteiger partial charge on any atom is 0.264 e. The van der Waals surface area contributed by atoms with Crippen LogP contribution in [0, 0.1) is 0 Å². The molecular weight excluding hydrogens is 432 g/mol. The van der Waals surface area contributed by atoms with Gasteiger partial charge in [-0.15, -0.1) is 0 Å². The highest BCUT2D eigenvalue weighted by molar-refractivity contribution is 6.25. The lowest BCUT2D eigenvalue weighted by Gasteiger charge is -2.27. The topological polar surface area (TPSA) is 143 Å². The zero-order chi connectivity index (χ0) is 23.8. The first-order valence-electron chi connectivity index (χ1n) is 10.9. The second-order valence-corrected chi connectivity index (χ2v) is 7.53. The van der Waals surface area contributed by atoms with Crippen LogP contribution in [-0.4, -0.2) is 80.0 Å². The summed E-state index contributed by atoms with van der Waals surface area (Å²) in [6.45, 7) is 4.19. The number of piperidine rings is 1. The summed E-state index contributed by atoms with van der Waals surface area (Å²) in [7, 11) is 0. The maximum atomic E-state index is 13.0. The van der Waals surface area contributed by atoms with E-state index < -0.39 is 29.7 Å². The van der Waals surface area contributed by atoms with Gasteiger partial charge in [0.1, 0.15) is 6.04 Å². The fourth-order valence-electron chi connectivity index (χ4n) is 3.69. The lowest BCUT2D eigenvalue weighted by atomic mass is 10.0. The summed E-state index contributed by atoms with van der Waals surface area (Å²) in [6.07, 6.45) is 0.483. The molecule has 0 saturated carbocycles. The van der Waals surface area contributed by atoms with Crippen LogP contribution in [0.1, 0.15) is 46.9 Å². The zero-order valence-electron chi connectivity index (χ0n) is 18.5. The standard InChI is InChI=1S/C22H28N4O7/c1-2-23-17(27)8-10-32-12-13-33-11-9-24-15-5-3-4-14-19(15)22(31)26(21(14)30)16-6-7-18(28)25-20(16)29/h3-5,16,24H,2,6-13H2,1H3,(H,23,27)(H,25,28,29). The molecule has 0 aliphatic carbocycles. The molecule has 2 heterocycles. The van der Waals surface area contributed by atoms with Crippen molar-refractivity contribution in [3.63, 3.8) is 0 Å². The number of rotatable bonds is 12. The Kier molecular flexibility index (Phi) is 8.50. The molecule has 2 aliphatic rings. The molecule has 178 valence electrons. The average Bonchev–Trinajstić information content (AvgIpc) is 3.04. The van der Waals surface area contributed by atoms with Gasteiger partial charge in [-0.05, 0) is 25.5 Å². The van der Waals surface area contributed by atoms with Crippen LogP contribution in [0.2, 0.25) is 0 Å². The molecule has 0 bridgehead atoms. The second-order valence-electron chi connectivity index (χ2n) is 7.53. The number of fused-ring (bicyclic) bond motifs is 1. The molecule has 1 unspecified atom stereocenters. The SMILES string of the molecule is CCNC(=O)CCOCCOCCNc1cccc2c1C(=O)N(C1CCC(=O)NC1=O)C2=O. The van der Waals surface area contributed by atoms with E-state index in [0.29, 0.717) is 51.6 Å². The molecule has 0 spiro atoms. The number of carbonyl (C=O) groups is 5. The third kappa shape index (κ3) is 5.93. The van der Waals surface area contributed by atoms with E-state index in [4.69, 9.17) is 9.47 Å². The first-order valence-corrected chi connectivity index (χ1v) is 10.9. The van der Waals surface area contributed by atoms with E-state index in [1.807, 2.05) is 6.92 Å². The Hall–Kier alpha value is -3.31. The fourth-order valence-corrected chi connectivity index (χ4v) is 3.69. The molecule has 0 aromatic heterocycles. The van der Waals surface area contributed by atoms with Crippen LogP contribution in [0.4, 0.5) is 5.69 Å². The Bertz CT molecular complexity index is 933. The number of anilines is 1. The number of carbonyl (C=O) groups excluding carboxylic acids is 5. The number of nitrogens with one attached hydrogen (secondary N) is 3. The normalized spacial score (nSPS) is 17.7. The van der Waals surface area contributed by atoms with Gasteiger partial charge < -0.3 is 20.1 Å². The van der Waals surface area contributed by atoms with Crippen molar-refractivity contribution in [2.45, 2.75) is 32.2 Å². The number of ether oxygens (including phenoxy) is 2. The van der Waals surface area contributed by atoms with E-state index in [2.05, 4.69) is 16.0 Å². The van der Waals surface area contributed by atoms with Crippen molar-refractivity contribution in [3.05, 3.63) is 29.3 Å². The summed E-state index contributed by atoms with van der Waals surface area (Å²) < 4.78 is 10.8. The first kappa shape index (κ1) is 24.3. The number of amides is 5. The Morgan fingerprint density at radius 1 is 1.09 bits per heavy atom. The second kappa shape index (κ2) is 11.5. The molecule has 5 amide bonds. The van der Waals surface area contributed by atoms with Gasteiger partial charge in [0.05, 0.1) is 37.6 Å². The van der Waals surface area contributed by atoms with Crippen molar-refractivity contribution >= 4 is 35.2 Å². The van der Waals surface area contributed by atoms with E-state index >= 15 is 0 Å². The van der Waals surface area contributed by atoms with Gasteiger partial charge in [-0.1, -0.05) is 6.07 Å². The smallest absolute Gasteiger partial charge is 0.264 e. The Morgan fingerprint density at radius 3 is 2.58 bits per heavy atom. The fraction of sp³-hybridized carbons (Fsp3) is 0.500. The zero-order valence-corrected chi connectivity index (χ0v) is 18.5. The Balaban J connectivity index is 1.46. The van der Waals surface area contributed by atoms with Crippen molar-refractivity contribution in [2.75, 3.05) is 44.8 Å². The van der Waals surface area contributed by atoms with Crippen molar-refractivity contribution in [3.8, 4) is 0 Å². The number of benzene rings is 1. The molecule has 2 aliphatic heterocycles. The minimum atomic E-state index is -1.00. The van der Waals surface area contributed by atoms with Crippen LogP contribution in [-0.2, 0) is 23.9 Å².